The van der Waals surface area contributed by atoms with Crippen molar-refractivity contribution in [2.24, 2.45) is 5.41 Å². The van der Waals surface area contributed by atoms with E-state index in [1.54, 1.807) is 7.11 Å². The average molecular weight is 396 g/mol. The summed E-state index contributed by atoms with van der Waals surface area (Å²) in [6, 6.07) is 7.53. The van der Waals surface area contributed by atoms with Gasteiger partial charge in [0.05, 0.1) is 18.2 Å². The van der Waals surface area contributed by atoms with Crippen LogP contribution in [0.3, 0.4) is 0 Å². The molecule has 7 nitrogen and oxygen atoms in total. The Morgan fingerprint density at radius 2 is 1.72 bits per heavy atom. The standard InChI is InChI=1S/C22H28N4O3/c1-22(2,3)21(28)26-11-9-16(10-12-26)25-20(27)15-13-23-19(24-14-15)17-7-5-6-8-18(17)29-4/h5-8,13-14,16H,9-12H2,1-4H3,(H,25,27). The molecule has 7 heteroatoms. The Bertz CT molecular complexity index is 866. The predicted octanol–water partition coefficient (Wildman–Crippen LogP) is 2.92. The second-order valence-electron chi connectivity index (χ2n) is 8.29. The molecule has 2 heterocycles. The number of ether oxygens (including phenoxy) is 1. The number of aromatic nitrogens is 2. The summed E-state index contributed by atoms with van der Waals surface area (Å²) in [6.45, 7) is 7.10. The van der Waals surface area contributed by atoms with Gasteiger partial charge in [0.15, 0.2) is 5.82 Å². The van der Waals surface area contributed by atoms with Crippen molar-refractivity contribution in [2.45, 2.75) is 39.7 Å². The molecule has 1 aliphatic rings. The van der Waals surface area contributed by atoms with Crippen molar-refractivity contribution < 1.29 is 14.3 Å². The molecule has 3 rings (SSSR count). The zero-order chi connectivity index (χ0) is 21.0. The van der Waals surface area contributed by atoms with Crippen LogP contribution in [-0.4, -0.2) is 52.9 Å². The lowest BCUT2D eigenvalue weighted by Crippen LogP contribution is -2.49. The smallest absolute Gasteiger partial charge is 0.254 e. The summed E-state index contributed by atoms with van der Waals surface area (Å²) in [4.78, 5) is 35.5. The lowest BCUT2D eigenvalue weighted by Gasteiger charge is -2.36. The van der Waals surface area contributed by atoms with Gasteiger partial charge in [0.2, 0.25) is 5.91 Å². The summed E-state index contributed by atoms with van der Waals surface area (Å²) in [6.07, 6.45) is 4.55. The van der Waals surface area contributed by atoms with E-state index >= 15 is 0 Å². The van der Waals surface area contributed by atoms with E-state index in [0.717, 1.165) is 18.4 Å². The third kappa shape index (κ3) is 4.91. The molecule has 29 heavy (non-hydrogen) atoms. The first-order valence-corrected chi connectivity index (χ1v) is 9.85. The molecule has 154 valence electrons. The second kappa shape index (κ2) is 8.59. The van der Waals surface area contributed by atoms with Crippen LogP contribution in [0.25, 0.3) is 11.4 Å². The van der Waals surface area contributed by atoms with Crippen molar-refractivity contribution in [2.75, 3.05) is 20.2 Å². The summed E-state index contributed by atoms with van der Waals surface area (Å²) < 4.78 is 5.34. The van der Waals surface area contributed by atoms with Crippen molar-refractivity contribution in [3.05, 3.63) is 42.2 Å². The molecule has 1 saturated heterocycles. The number of methoxy groups -OCH3 is 1. The number of hydrogen-bond acceptors (Lipinski definition) is 5. The Hall–Kier alpha value is -2.96. The number of piperidine rings is 1. The molecule has 0 radical (unpaired) electrons. The van der Waals surface area contributed by atoms with Gasteiger partial charge >= 0.3 is 0 Å². The van der Waals surface area contributed by atoms with Gasteiger partial charge in [-0.2, -0.15) is 0 Å². The molecule has 2 aromatic rings. The molecule has 0 bridgehead atoms. The fourth-order valence-corrected chi connectivity index (χ4v) is 3.38. The van der Waals surface area contributed by atoms with Crippen LogP contribution >= 0.6 is 0 Å². The quantitative estimate of drug-likeness (QED) is 0.859. The van der Waals surface area contributed by atoms with Gasteiger partial charge in [-0.05, 0) is 25.0 Å². The number of hydrogen-bond donors (Lipinski definition) is 1. The molecule has 0 atom stereocenters. The molecule has 0 saturated carbocycles. The van der Waals surface area contributed by atoms with Crippen LogP contribution in [-0.2, 0) is 4.79 Å². The SMILES string of the molecule is COc1ccccc1-c1ncc(C(=O)NC2CCN(C(=O)C(C)(C)C)CC2)cn1. The summed E-state index contributed by atoms with van der Waals surface area (Å²) in [7, 11) is 1.60. The maximum atomic E-state index is 12.6. The number of benzene rings is 1. The van der Waals surface area contributed by atoms with E-state index in [2.05, 4.69) is 15.3 Å². The summed E-state index contributed by atoms with van der Waals surface area (Å²) in [5.41, 5.74) is 0.811. The zero-order valence-corrected chi connectivity index (χ0v) is 17.4. The molecule has 0 spiro atoms. The first-order chi connectivity index (χ1) is 13.8. The van der Waals surface area contributed by atoms with E-state index in [9.17, 15) is 9.59 Å². The van der Waals surface area contributed by atoms with E-state index in [-0.39, 0.29) is 23.3 Å². The van der Waals surface area contributed by atoms with Crippen molar-refractivity contribution in [1.29, 1.82) is 0 Å². The fraction of sp³-hybridized carbons (Fsp3) is 0.455. The molecule has 0 aliphatic carbocycles. The molecule has 1 N–H and O–H groups in total. The Kier molecular flexibility index (Phi) is 6.15. The molecule has 2 amide bonds. The highest BCUT2D eigenvalue weighted by Crippen LogP contribution is 2.26. The van der Waals surface area contributed by atoms with Gasteiger partial charge in [-0.3, -0.25) is 9.59 Å². The molecule has 1 aromatic carbocycles. The van der Waals surface area contributed by atoms with Crippen molar-refractivity contribution in [3.8, 4) is 17.1 Å². The highest BCUT2D eigenvalue weighted by atomic mass is 16.5. The maximum absolute atomic E-state index is 12.6. The topological polar surface area (TPSA) is 84.4 Å². The fourth-order valence-electron chi connectivity index (χ4n) is 3.38. The van der Waals surface area contributed by atoms with Crippen molar-refractivity contribution >= 4 is 11.8 Å². The largest absolute Gasteiger partial charge is 0.496 e. The van der Waals surface area contributed by atoms with E-state index in [4.69, 9.17) is 4.74 Å². The Balaban J connectivity index is 1.59. The minimum absolute atomic E-state index is 0.0420. The van der Waals surface area contributed by atoms with Crippen LogP contribution in [0.15, 0.2) is 36.7 Å². The number of likely N-dealkylation sites (tertiary alicyclic amines) is 1. The van der Waals surface area contributed by atoms with Gasteiger partial charge in [-0.15, -0.1) is 0 Å². The lowest BCUT2D eigenvalue weighted by atomic mass is 9.93. The molecule has 1 fully saturated rings. The number of carbonyl (C=O) groups is 2. The highest BCUT2D eigenvalue weighted by Gasteiger charge is 2.30. The first kappa shape index (κ1) is 20.8. The number of nitrogens with one attached hydrogen (secondary N) is 1. The van der Waals surface area contributed by atoms with Gasteiger partial charge in [-0.25, -0.2) is 9.97 Å². The lowest BCUT2D eigenvalue weighted by molar-refractivity contribution is -0.140. The predicted molar refractivity (Wildman–Crippen MR) is 111 cm³/mol. The summed E-state index contributed by atoms with van der Waals surface area (Å²) in [5, 5.41) is 3.03. The van der Waals surface area contributed by atoms with Crippen LogP contribution in [0, 0.1) is 5.41 Å². The minimum atomic E-state index is -0.378. The Morgan fingerprint density at radius 1 is 1.10 bits per heavy atom. The Morgan fingerprint density at radius 3 is 2.31 bits per heavy atom. The summed E-state index contributed by atoms with van der Waals surface area (Å²) >= 11 is 0. The van der Waals surface area contributed by atoms with E-state index in [0.29, 0.717) is 30.2 Å². The Labute approximate surface area is 171 Å². The molecule has 1 aromatic heterocycles. The maximum Gasteiger partial charge on any atom is 0.254 e. The van der Waals surface area contributed by atoms with Crippen molar-refractivity contribution in [3.63, 3.8) is 0 Å². The van der Waals surface area contributed by atoms with Gasteiger partial charge in [0.25, 0.3) is 5.91 Å². The average Bonchev–Trinajstić information content (AvgIpc) is 2.73. The highest BCUT2D eigenvalue weighted by molar-refractivity contribution is 5.94. The van der Waals surface area contributed by atoms with E-state index in [1.165, 1.54) is 12.4 Å². The number of amides is 2. The van der Waals surface area contributed by atoms with Crippen LogP contribution in [0.2, 0.25) is 0 Å². The van der Waals surface area contributed by atoms with E-state index < -0.39 is 0 Å². The van der Waals surface area contributed by atoms with Crippen molar-refractivity contribution in [1.82, 2.24) is 20.2 Å². The number of nitrogens with zero attached hydrogens (tertiary/aromatic N) is 3. The normalized spacial score (nSPS) is 15.1. The van der Waals surface area contributed by atoms with Crippen LogP contribution in [0.5, 0.6) is 5.75 Å². The number of rotatable bonds is 4. The molecule has 0 unspecified atom stereocenters. The van der Waals surface area contributed by atoms with Gasteiger partial charge in [-0.1, -0.05) is 32.9 Å². The third-order valence-electron chi connectivity index (χ3n) is 5.02. The van der Waals surface area contributed by atoms with Gasteiger partial charge in [0.1, 0.15) is 5.75 Å². The minimum Gasteiger partial charge on any atom is -0.496 e. The zero-order valence-electron chi connectivity index (χ0n) is 17.4. The first-order valence-electron chi connectivity index (χ1n) is 9.85. The number of carbonyl (C=O) groups excluding carboxylic acids is 2. The van der Waals surface area contributed by atoms with Gasteiger partial charge in [0, 0.05) is 36.9 Å². The summed E-state index contributed by atoms with van der Waals surface area (Å²) in [5.74, 6) is 1.15. The van der Waals surface area contributed by atoms with Gasteiger partial charge < -0.3 is 15.0 Å². The second-order valence-corrected chi connectivity index (χ2v) is 8.29. The molecular weight excluding hydrogens is 368 g/mol. The van der Waals surface area contributed by atoms with Crippen LogP contribution < -0.4 is 10.1 Å². The monoisotopic (exact) mass is 396 g/mol. The van der Waals surface area contributed by atoms with E-state index in [1.807, 2.05) is 49.9 Å². The third-order valence-corrected chi connectivity index (χ3v) is 5.02. The number of para-hydroxylation sites is 1. The van der Waals surface area contributed by atoms with Crippen LogP contribution in [0.1, 0.15) is 44.0 Å². The molecular formula is C22H28N4O3. The molecule has 1 aliphatic heterocycles. The van der Waals surface area contributed by atoms with Crippen LogP contribution in [0.4, 0.5) is 0 Å².